The molecule has 1 aliphatic rings. The summed E-state index contributed by atoms with van der Waals surface area (Å²) in [5.41, 5.74) is 1.99. The van der Waals surface area contributed by atoms with Crippen LogP contribution in [-0.4, -0.2) is 65.6 Å². The molecule has 1 unspecified atom stereocenters. The number of morpholine rings is 1. The number of rotatable bonds is 9. The quantitative estimate of drug-likeness (QED) is 0.272. The van der Waals surface area contributed by atoms with Crippen LogP contribution in [-0.2, 0) is 18.3 Å². The molecule has 2 aromatic rings. The molecule has 1 aromatic carbocycles. The number of halogens is 1. The molecule has 8 nitrogen and oxygen atoms in total. The number of aliphatic imine (C=N–C) groups is 1. The van der Waals surface area contributed by atoms with Crippen molar-refractivity contribution in [1.82, 2.24) is 20.0 Å². The fourth-order valence-electron chi connectivity index (χ4n) is 3.68. The highest BCUT2D eigenvalue weighted by atomic mass is 127. The van der Waals surface area contributed by atoms with E-state index in [9.17, 15) is 0 Å². The van der Waals surface area contributed by atoms with Gasteiger partial charge in [0.25, 0.3) is 0 Å². The van der Waals surface area contributed by atoms with Crippen molar-refractivity contribution in [3.63, 3.8) is 0 Å². The third-order valence-corrected chi connectivity index (χ3v) is 5.15. The lowest BCUT2D eigenvalue weighted by atomic mass is 10.2. The highest BCUT2D eigenvalue weighted by Gasteiger charge is 2.21. The average Bonchev–Trinajstić information content (AvgIpc) is 3.15. The van der Waals surface area contributed by atoms with Crippen LogP contribution < -0.4 is 15.4 Å². The van der Waals surface area contributed by atoms with Crippen molar-refractivity contribution in [1.29, 1.82) is 0 Å². The van der Waals surface area contributed by atoms with E-state index in [2.05, 4.69) is 34.5 Å². The minimum absolute atomic E-state index is 0. The monoisotopic (exact) mass is 570 g/mol. The summed E-state index contributed by atoms with van der Waals surface area (Å²) < 4.78 is 13.6. The van der Waals surface area contributed by atoms with Crippen LogP contribution in [0.1, 0.15) is 33.4 Å². The Kier molecular flexibility index (Phi) is 11.4. The zero-order valence-corrected chi connectivity index (χ0v) is 22.8. The molecule has 0 radical (unpaired) electrons. The van der Waals surface area contributed by atoms with E-state index in [1.165, 1.54) is 0 Å². The molecule has 1 fully saturated rings. The van der Waals surface area contributed by atoms with Crippen LogP contribution in [0, 0.1) is 5.92 Å². The molecular formula is C24H39IN6O2. The molecule has 184 valence electrons. The summed E-state index contributed by atoms with van der Waals surface area (Å²) in [5.74, 6) is 2.23. The Hall–Kier alpha value is -1.85. The Morgan fingerprint density at radius 1 is 1.21 bits per heavy atom. The third-order valence-electron chi connectivity index (χ3n) is 5.15. The van der Waals surface area contributed by atoms with E-state index in [1.54, 1.807) is 6.20 Å². The molecule has 0 spiro atoms. The van der Waals surface area contributed by atoms with E-state index in [0.717, 1.165) is 43.4 Å². The molecule has 1 atom stereocenters. The second kappa shape index (κ2) is 13.8. The highest BCUT2D eigenvalue weighted by Crippen LogP contribution is 2.17. The second-order valence-electron chi connectivity index (χ2n) is 8.95. The lowest BCUT2D eigenvalue weighted by molar-refractivity contribution is -0.0283. The number of hydrogen-bond donors (Lipinski definition) is 2. The first kappa shape index (κ1) is 27.4. The number of guanidine groups is 1. The van der Waals surface area contributed by atoms with Crippen molar-refractivity contribution in [2.75, 3.05) is 38.1 Å². The maximum Gasteiger partial charge on any atom is 0.196 e. The summed E-state index contributed by atoms with van der Waals surface area (Å²) in [5, 5.41) is 11.1. The Bertz CT molecular complexity index is 853. The lowest BCUT2D eigenvalue weighted by Crippen LogP contribution is -2.49. The summed E-state index contributed by atoms with van der Waals surface area (Å²) in [6.07, 6.45) is 2.07. The molecule has 0 amide bonds. The van der Waals surface area contributed by atoms with Crippen LogP contribution in [0.5, 0.6) is 5.75 Å². The normalized spacial score (nSPS) is 17.2. The van der Waals surface area contributed by atoms with Gasteiger partial charge in [0.1, 0.15) is 5.75 Å². The van der Waals surface area contributed by atoms with Gasteiger partial charge in [0.05, 0.1) is 31.1 Å². The van der Waals surface area contributed by atoms with Gasteiger partial charge in [-0.25, -0.2) is 4.99 Å². The molecule has 1 aliphatic heterocycles. The summed E-state index contributed by atoms with van der Waals surface area (Å²) >= 11 is 0. The molecule has 1 saturated heterocycles. The predicted molar refractivity (Wildman–Crippen MR) is 145 cm³/mol. The molecule has 33 heavy (non-hydrogen) atoms. The van der Waals surface area contributed by atoms with Crippen LogP contribution in [0.15, 0.2) is 41.5 Å². The van der Waals surface area contributed by atoms with Crippen LogP contribution in [0.3, 0.4) is 0 Å². The standard InChI is InChI=1S/C24H38N6O2.HI/c1-18(2)16-30-12-13-31-23(17-30)15-26-24(25-14-21-10-11-27-29(21)5)28-20-6-8-22(9-7-20)32-19(3)4;/h6-11,18-19,23H,12-17H2,1-5H3,(H2,25,26,28);1H. The molecule has 3 rings (SSSR count). The smallest absolute Gasteiger partial charge is 0.196 e. The molecule has 0 bridgehead atoms. The fourth-order valence-corrected chi connectivity index (χ4v) is 3.68. The maximum absolute atomic E-state index is 5.99. The summed E-state index contributed by atoms with van der Waals surface area (Å²) in [6, 6.07) is 9.92. The average molecular weight is 571 g/mol. The minimum atomic E-state index is 0. The topological polar surface area (TPSA) is 75.9 Å². The molecule has 2 N–H and O–H groups in total. The number of aromatic nitrogens is 2. The minimum Gasteiger partial charge on any atom is -0.491 e. The van der Waals surface area contributed by atoms with E-state index in [4.69, 9.17) is 14.5 Å². The number of anilines is 1. The zero-order chi connectivity index (χ0) is 22.9. The van der Waals surface area contributed by atoms with Crippen LogP contribution in [0.4, 0.5) is 5.69 Å². The maximum atomic E-state index is 5.99. The number of nitrogens with one attached hydrogen (secondary N) is 2. The van der Waals surface area contributed by atoms with Gasteiger partial charge in [0.15, 0.2) is 5.96 Å². The number of aryl methyl sites for hydroxylation is 1. The summed E-state index contributed by atoms with van der Waals surface area (Å²) in [6.45, 7) is 13.6. The number of hydrogen-bond acceptors (Lipinski definition) is 5. The van der Waals surface area contributed by atoms with E-state index in [1.807, 2.05) is 55.9 Å². The van der Waals surface area contributed by atoms with Gasteiger partial charge in [0, 0.05) is 45.1 Å². The van der Waals surface area contributed by atoms with Gasteiger partial charge in [-0.1, -0.05) is 13.8 Å². The Morgan fingerprint density at radius 3 is 2.61 bits per heavy atom. The first-order chi connectivity index (χ1) is 15.4. The number of benzene rings is 1. The number of nitrogens with zero attached hydrogens (tertiary/aromatic N) is 4. The first-order valence-corrected chi connectivity index (χ1v) is 11.5. The van der Waals surface area contributed by atoms with Gasteiger partial charge in [-0.3, -0.25) is 9.58 Å². The molecule has 1 aromatic heterocycles. The van der Waals surface area contributed by atoms with Crippen LogP contribution in [0.2, 0.25) is 0 Å². The molecule has 0 aliphatic carbocycles. The predicted octanol–water partition coefficient (Wildman–Crippen LogP) is 3.74. The van der Waals surface area contributed by atoms with Gasteiger partial charge in [-0.2, -0.15) is 5.10 Å². The highest BCUT2D eigenvalue weighted by molar-refractivity contribution is 14.0. The van der Waals surface area contributed by atoms with E-state index < -0.39 is 0 Å². The van der Waals surface area contributed by atoms with Crippen molar-refractivity contribution in [2.45, 2.75) is 46.4 Å². The van der Waals surface area contributed by atoms with E-state index in [-0.39, 0.29) is 36.2 Å². The third kappa shape index (κ3) is 9.50. The van der Waals surface area contributed by atoms with E-state index in [0.29, 0.717) is 25.0 Å². The summed E-state index contributed by atoms with van der Waals surface area (Å²) in [7, 11) is 1.93. The van der Waals surface area contributed by atoms with Crippen molar-refractivity contribution >= 4 is 35.6 Å². The molecule has 9 heteroatoms. The van der Waals surface area contributed by atoms with Crippen LogP contribution >= 0.6 is 24.0 Å². The SMILES string of the molecule is CC(C)CN1CCOC(CNC(=NCc2ccnn2C)Nc2ccc(OC(C)C)cc2)C1.I. The van der Waals surface area contributed by atoms with Gasteiger partial charge >= 0.3 is 0 Å². The van der Waals surface area contributed by atoms with Crippen molar-refractivity contribution in [2.24, 2.45) is 18.0 Å². The molecular weight excluding hydrogens is 531 g/mol. The van der Waals surface area contributed by atoms with Gasteiger partial charge in [-0.05, 0) is 50.1 Å². The van der Waals surface area contributed by atoms with Crippen molar-refractivity contribution < 1.29 is 9.47 Å². The van der Waals surface area contributed by atoms with E-state index >= 15 is 0 Å². The van der Waals surface area contributed by atoms with Crippen molar-refractivity contribution in [3.8, 4) is 5.75 Å². The second-order valence-corrected chi connectivity index (χ2v) is 8.95. The Morgan fingerprint density at radius 2 is 1.97 bits per heavy atom. The van der Waals surface area contributed by atoms with Crippen molar-refractivity contribution in [3.05, 3.63) is 42.2 Å². The van der Waals surface area contributed by atoms with Gasteiger partial charge in [-0.15, -0.1) is 24.0 Å². The zero-order valence-electron chi connectivity index (χ0n) is 20.5. The fraction of sp³-hybridized carbons (Fsp3) is 0.583. The summed E-state index contributed by atoms with van der Waals surface area (Å²) in [4.78, 5) is 7.26. The lowest BCUT2D eigenvalue weighted by Gasteiger charge is -2.34. The Balaban J connectivity index is 0.00000385. The molecule has 2 heterocycles. The number of ether oxygens (including phenoxy) is 2. The Labute approximate surface area is 215 Å². The first-order valence-electron chi connectivity index (χ1n) is 11.5. The van der Waals surface area contributed by atoms with Gasteiger partial charge in [0.2, 0.25) is 0 Å². The largest absolute Gasteiger partial charge is 0.491 e. The molecule has 0 saturated carbocycles. The van der Waals surface area contributed by atoms with Crippen LogP contribution in [0.25, 0.3) is 0 Å². The van der Waals surface area contributed by atoms with Gasteiger partial charge < -0.3 is 20.1 Å².